The molecule has 21 heavy (non-hydrogen) atoms. The molecule has 1 aliphatic rings. The monoisotopic (exact) mass is 350 g/mol. The van der Waals surface area contributed by atoms with Crippen molar-refractivity contribution in [3.63, 3.8) is 0 Å². The molecule has 0 unspecified atom stereocenters. The summed E-state index contributed by atoms with van der Waals surface area (Å²) in [5.41, 5.74) is 2.20. The summed E-state index contributed by atoms with van der Waals surface area (Å²) in [5, 5.41) is 0. The van der Waals surface area contributed by atoms with Crippen LogP contribution in [0.5, 0.6) is 0 Å². The number of esters is 1. The highest BCUT2D eigenvalue weighted by molar-refractivity contribution is 9.10. The van der Waals surface area contributed by atoms with Crippen molar-refractivity contribution in [1.29, 1.82) is 0 Å². The molecule has 0 spiro atoms. The molecule has 2 rings (SSSR count). The summed E-state index contributed by atoms with van der Waals surface area (Å²) in [6, 6.07) is 5.28. The van der Waals surface area contributed by atoms with Crippen molar-refractivity contribution in [2.45, 2.75) is 38.5 Å². The van der Waals surface area contributed by atoms with Crippen LogP contribution in [0.2, 0.25) is 0 Å². The van der Waals surface area contributed by atoms with Gasteiger partial charge in [-0.25, -0.2) is 4.79 Å². The number of rotatable bonds is 2. The molecular formula is C17H19BrO3. The number of benzene rings is 1. The molecule has 0 aliphatic heterocycles. The summed E-state index contributed by atoms with van der Waals surface area (Å²) in [5.74, 6) is -0.142. The third-order valence-corrected chi connectivity index (χ3v) is 4.43. The van der Waals surface area contributed by atoms with Crippen LogP contribution in [0.3, 0.4) is 0 Å². The Labute approximate surface area is 133 Å². The second kappa shape index (κ2) is 7.55. The van der Waals surface area contributed by atoms with Crippen LogP contribution >= 0.6 is 15.9 Å². The molecule has 1 aliphatic carbocycles. The van der Waals surface area contributed by atoms with Crippen molar-refractivity contribution in [2.24, 2.45) is 0 Å². The molecule has 0 saturated heterocycles. The lowest BCUT2D eigenvalue weighted by Crippen LogP contribution is -2.06. The Morgan fingerprint density at radius 1 is 1.19 bits per heavy atom. The van der Waals surface area contributed by atoms with E-state index in [-0.39, 0.29) is 11.8 Å². The lowest BCUT2D eigenvalue weighted by atomic mass is 9.93. The second-order valence-corrected chi connectivity index (χ2v) is 6.09. The normalized spacial score (nSPS) is 18.2. The lowest BCUT2D eigenvalue weighted by molar-refractivity contribution is -0.115. The van der Waals surface area contributed by atoms with E-state index in [0.29, 0.717) is 12.0 Å². The van der Waals surface area contributed by atoms with Gasteiger partial charge in [-0.15, -0.1) is 0 Å². The number of methoxy groups -OCH3 is 1. The third kappa shape index (κ3) is 4.27. The number of halogens is 1. The minimum Gasteiger partial charge on any atom is -0.465 e. The molecule has 0 N–H and O–H groups in total. The highest BCUT2D eigenvalue weighted by Crippen LogP contribution is 2.26. The number of Topliss-reactive ketones (excluding diaryl/α,β-unsaturated/α-hetero) is 1. The van der Waals surface area contributed by atoms with E-state index in [2.05, 4.69) is 15.9 Å². The standard InChI is InChI=1S/C17H19BrO3/c1-21-17(20)13-8-9-15(18)14(11-13)10-12-6-4-2-3-5-7-16(12)19/h8-11H,2-7H2,1H3/b12-10+. The summed E-state index contributed by atoms with van der Waals surface area (Å²) < 4.78 is 5.61. The highest BCUT2D eigenvalue weighted by Gasteiger charge is 2.14. The van der Waals surface area contributed by atoms with Gasteiger partial charge in [0, 0.05) is 10.9 Å². The summed E-state index contributed by atoms with van der Waals surface area (Å²) in [6.07, 6.45) is 7.68. The van der Waals surface area contributed by atoms with Crippen LogP contribution in [0.4, 0.5) is 0 Å². The quantitative estimate of drug-likeness (QED) is 0.580. The SMILES string of the molecule is COC(=O)c1ccc(Br)c(/C=C2\CCCCCCC2=O)c1. The Morgan fingerprint density at radius 3 is 2.62 bits per heavy atom. The van der Waals surface area contributed by atoms with E-state index in [0.717, 1.165) is 41.3 Å². The van der Waals surface area contributed by atoms with Crippen LogP contribution < -0.4 is 0 Å². The van der Waals surface area contributed by atoms with Gasteiger partial charge in [0.1, 0.15) is 0 Å². The Hall–Kier alpha value is -1.42. The van der Waals surface area contributed by atoms with E-state index in [1.807, 2.05) is 12.1 Å². The number of hydrogen-bond donors (Lipinski definition) is 0. The van der Waals surface area contributed by atoms with Gasteiger partial charge in [-0.05, 0) is 54.7 Å². The number of carbonyl (C=O) groups is 2. The zero-order valence-electron chi connectivity index (χ0n) is 12.2. The van der Waals surface area contributed by atoms with Crippen LogP contribution in [0.25, 0.3) is 6.08 Å². The largest absolute Gasteiger partial charge is 0.465 e. The molecule has 1 saturated carbocycles. The van der Waals surface area contributed by atoms with Gasteiger partial charge < -0.3 is 4.74 Å². The molecule has 1 fully saturated rings. The summed E-state index contributed by atoms with van der Waals surface area (Å²) >= 11 is 3.48. The molecule has 112 valence electrons. The van der Waals surface area contributed by atoms with Crippen LogP contribution in [0.15, 0.2) is 28.2 Å². The first-order chi connectivity index (χ1) is 10.1. The molecule has 1 aromatic rings. The van der Waals surface area contributed by atoms with Crippen molar-refractivity contribution in [2.75, 3.05) is 7.11 Å². The van der Waals surface area contributed by atoms with Gasteiger partial charge in [0.25, 0.3) is 0 Å². The fourth-order valence-electron chi connectivity index (χ4n) is 2.49. The maximum absolute atomic E-state index is 12.2. The van der Waals surface area contributed by atoms with Crippen molar-refractivity contribution in [1.82, 2.24) is 0 Å². The smallest absolute Gasteiger partial charge is 0.337 e. The Balaban J connectivity index is 2.32. The Morgan fingerprint density at radius 2 is 1.90 bits per heavy atom. The van der Waals surface area contributed by atoms with Crippen molar-refractivity contribution >= 4 is 33.8 Å². The zero-order chi connectivity index (χ0) is 15.2. The van der Waals surface area contributed by atoms with Gasteiger partial charge in [0.05, 0.1) is 12.7 Å². The van der Waals surface area contributed by atoms with E-state index in [4.69, 9.17) is 4.74 Å². The number of ether oxygens (including phenoxy) is 1. The van der Waals surface area contributed by atoms with E-state index >= 15 is 0 Å². The Kier molecular flexibility index (Phi) is 5.74. The van der Waals surface area contributed by atoms with Gasteiger partial charge in [0.15, 0.2) is 5.78 Å². The maximum atomic E-state index is 12.2. The van der Waals surface area contributed by atoms with Gasteiger partial charge >= 0.3 is 5.97 Å². The number of hydrogen-bond acceptors (Lipinski definition) is 3. The van der Waals surface area contributed by atoms with Gasteiger partial charge in [-0.3, -0.25) is 4.79 Å². The summed E-state index contributed by atoms with van der Waals surface area (Å²) in [4.78, 5) is 23.8. The summed E-state index contributed by atoms with van der Waals surface area (Å²) in [6.45, 7) is 0. The van der Waals surface area contributed by atoms with Crippen LogP contribution in [0, 0.1) is 0 Å². The molecule has 0 heterocycles. The number of carbonyl (C=O) groups excluding carboxylic acids is 2. The molecule has 4 heteroatoms. The molecule has 0 radical (unpaired) electrons. The molecule has 0 aromatic heterocycles. The van der Waals surface area contributed by atoms with Crippen molar-refractivity contribution < 1.29 is 14.3 Å². The minimum atomic E-state index is -0.369. The average Bonchev–Trinajstić information content (AvgIpc) is 2.48. The topological polar surface area (TPSA) is 43.4 Å². The minimum absolute atomic E-state index is 0.227. The highest BCUT2D eigenvalue weighted by atomic mass is 79.9. The van der Waals surface area contributed by atoms with E-state index in [9.17, 15) is 9.59 Å². The van der Waals surface area contributed by atoms with Crippen LogP contribution in [-0.2, 0) is 9.53 Å². The van der Waals surface area contributed by atoms with Gasteiger partial charge in [-0.2, -0.15) is 0 Å². The molecular weight excluding hydrogens is 332 g/mol. The first kappa shape index (κ1) is 16.0. The fraction of sp³-hybridized carbons (Fsp3) is 0.412. The Bertz CT molecular complexity index is 575. The predicted molar refractivity (Wildman–Crippen MR) is 86.2 cm³/mol. The summed E-state index contributed by atoms with van der Waals surface area (Å²) in [7, 11) is 1.36. The zero-order valence-corrected chi connectivity index (χ0v) is 13.7. The lowest BCUT2D eigenvalue weighted by Gasteiger charge is -2.12. The third-order valence-electron chi connectivity index (χ3n) is 3.70. The van der Waals surface area contributed by atoms with E-state index in [1.165, 1.54) is 13.5 Å². The first-order valence-electron chi connectivity index (χ1n) is 7.23. The van der Waals surface area contributed by atoms with Gasteiger partial charge in [0.2, 0.25) is 0 Å². The molecule has 0 bridgehead atoms. The molecule has 3 nitrogen and oxygen atoms in total. The van der Waals surface area contributed by atoms with E-state index < -0.39 is 0 Å². The van der Waals surface area contributed by atoms with Gasteiger partial charge in [-0.1, -0.05) is 28.8 Å². The molecule has 0 amide bonds. The molecule has 0 atom stereocenters. The van der Waals surface area contributed by atoms with Crippen molar-refractivity contribution in [3.8, 4) is 0 Å². The number of allylic oxidation sites excluding steroid dienone is 1. The fourth-order valence-corrected chi connectivity index (χ4v) is 2.86. The van der Waals surface area contributed by atoms with Crippen LogP contribution in [0.1, 0.15) is 54.4 Å². The van der Waals surface area contributed by atoms with E-state index in [1.54, 1.807) is 12.1 Å². The second-order valence-electron chi connectivity index (χ2n) is 5.23. The molecule has 1 aromatic carbocycles. The first-order valence-corrected chi connectivity index (χ1v) is 8.03. The maximum Gasteiger partial charge on any atom is 0.337 e. The van der Waals surface area contributed by atoms with Crippen molar-refractivity contribution in [3.05, 3.63) is 39.4 Å². The van der Waals surface area contributed by atoms with Crippen LogP contribution in [-0.4, -0.2) is 18.9 Å². The predicted octanol–water partition coefficient (Wildman–Crippen LogP) is 4.54. The number of ketones is 1. The average molecular weight is 351 g/mol.